The van der Waals surface area contributed by atoms with Crippen LogP contribution < -0.4 is 10.2 Å². The molecule has 0 radical (unpaired) electrons. The largest absolute Gasteiger partial charge is 0.369 e. The van der Waals surface area contributed by atoms with Gasteiger partial charge in [0.2, 0.25) is 5.91 Å². The number of carbonyl (C=O) groups excluding carboxylic acids is 2. The summed E-state index contributed by atoms with van der Waals surface area (Å²) in [7, 11) is 0. The third-order valence-corrected chi connectivity index (χ3v) is 5.51. The molecule has 0 bridgehead atoms. The normalized spacial score (nSPS) is 14.8. The van der Waals surface area contributed by atoms with Crippen LogP contribution in [0.15, 0.2) is 48.5 Å². The predicted molar refractivity (Wildman–Crippen MR) is 119 cm³/mol. The van der Waals surface area contributed by atoms with E-state index in [1.54, 1.807) is 0 Å². The number of nitrogens with zero attached hydrogens (tertiary/aromatic N) is 2. The molecule has 1 N–H and O–H groups in total. The van der Waals surface area contributed by atoms with E-state index < -0.39 is 0 Å². The van der Waals surface area contributed by atoms with E-state index in [2.05, 4.69) is 41.1 Å². The lowest BCUT2D eigenvalue weighted by Crippen LogP contribution is -2.48. The maximum atomic E-state index is 12.2. The van der Waals surface area contributed by atoms with Gasteiger partial charge in [0.1, 0.15) is 0 Å². The number of piperazine rings is 1. The van der Waals surface area contributed by atoms with Gasteiger partial charge < -0.3 is 10.2 Å². The molecular formula is C24H31N3O2. The average Bonchev–Trinajstić information content (AvgIpc) is 2.73. The lowest BCUT2D eigenvalue weighted by molar-refractivity contribution is -0.116. The van der Waals surface area contributed by atoms with Crippen LogP contribution in [0.1, 0.15) is 42.6 Å². The molecule has 5 nitrogen and oxygen atoms in total. The van der Waals surface area contributed by atoms with E-state index in [0.29, 0.717) is 11.6 Å². The van der Waals surface area contributed by atoms with Crippen molar-refractivity contribution < 1.29 is 9.59 Å². The van der Waals surface area contributed by atoms with Crippen LogP contribution in [0.25, 0.3) is 0 Å². The molecule has 0 saturated carbocycles. The van der Waals surface area contributed by atoms with Crippen molar-refractivity contribution in [2.75, 3.05) is 36.4 Å². The van der Waals surface area contributed by atoms with E-state index in [-0.39, 0.29) is 24.5 Å². The van der Waals surface area contributed by atoms with Gasteiger partial charge in [-0.05, 0) is 45.0 Å². The first-order valence-corrected chi connectivity index (χ1v) is 10.4. The molecule has 0 aliphatic carbocycles. The summed E-state index contributed by atoms with van der Waals surface area (Å²) in [6, 6.07) is 16.0. The number of anilines is 2. The summed E-state index contributed by atoms with van der Waals surface area (Å²) in [5, 5.41) is 2.89. The molecule has 5 heteroatoms. The number of carbonyl (C=O) groups is 2. The lowest BCUT2D eigenvalue weighted by atomic mass is 10.0. The van der Waals surface area contributed by atoms with Gasteiger partial charge in [0.05, 0.1) is 0 Å². The van der Waals surface area contributed by atoms with E-state index in [1.807, 2.05) is 43.3 Å². The number of rotatable bonds is 7. The van der Waals surface area contributed by atoms with Crippen LogP contribution in [-0.4, -0.2) is 48.8 Å². The molecule has 0 spiro atoms. The maximum absolute atomic E-state index is 12.2. The number of benzene rings is 2. The van der Waals surface area contributed by atoms with Crippen LogP contribution >= 0.6 is 0 Å². The Balaban J connectivity index is 1.46. The zero-order valence-electron chi connectivity index (χ0n) is 17.6. The molecule has 0 aromatic heterocycles. The SMILES string of the molecule is Cc1ccc(C(=O)CCC(=O)Nc2ccc(N3CCN(C(C)C)CC3)cc2)cc1. The Bertz CT molecular complexity index is 820. The van der Waals surface area contributed by atoms with Crippen molar-refractivity contribution in [1.82, 2.24) is 4.90 Å². The summed E-state index contributed by atoms with van der Waals surface area (Å²) < 4.78 is 0. The van der Waals surface area contributed by atoms with Gasteiger partial charge in [-0.15, -0.1) is 0 Å². The maximum Gasteiger partial charge on any atom is 0.224 e. The Morgan fingerprint density at radius 2 is 1.52 bits per heavy atom. The number of ketones is 1. The van der Waals surface area contributed by atoms with Gasteiger partial charge in [0.25, 0.3) is 0 Å². The molecule has 2 aromatic rings. The molecule has 29 heavy (non-hydrogen) atoms. The van der Waals surface area contributed by atoms with E-state index in [0.717, 1.165) is 37.4 Å². The first-order valence-electron chi connectivity index (χ1n) is 10.4. The van der Waals surface area contributed by atoms with Crippen molar-refractivity contribution in [3.05, 3.63) is 59.7 Å². The first kappa shape index (κ1) is 21.1. The molecule has 1 amide bonds. The quantitative estimate of drug-likeness (QED) is 0.719. The lowest BCUT2D eigenvalue weighted by Gasteiger charge is -2.38. The second kappa shape index (κ2) is 9.70. The van der Waals surface area contributed by atoms with Gasteiger partial charge in [-0.25, -0.2) is 0 Å². The number of nitrogens with one attached hydrogen (secondary N) is 1. The molecule has 2 aromatic carbocycles. The monoisotopic (exact) mass is 393 g/mol. The summed E-state index contributed by atoms with van der Waals surface area (Å²) in [6.45, 7) is 10.6. The van der Waals surface area contributed by atoms with E-state index in [1.165, 1.54) is 5.69 Å². The molecule has 0 atom stereocenters. The van der Waals surface area contributed by atoms with Gasteiger partial charge in [0, 0.05) is 62.0 Å². The Hall–Kier alpha value is -2.66. The smallest absolute Gasteiger partial charge is 0.224 e. The minimum absolute atomic E-state index is 0.00367. The van der Waals surface area contributed by atoms with Crippen molar-refractivity contribution in [1.29, 1.82) is 0 Å². The minimum atomic E-state index is -0.135. The molecule has 1 fully saturated rings. The molecule has 1 heterocycles. The van der Waals surface area contributed by atoms with Gasteiger partial charge in [0.15, 0.2) is 5.78 Å². The van der Waals surface area contributed by atoms with E-state index >= 15 is 0 Å². The van der Waals surface area contributed by atoms with Crippen LogP contribution in [0.2, 0.25) is 0 Å². The van der Waals surface area contributed by atoms with Crippen molar-refractivity contribution in [3.8, 4) is 0 Å². The minimum Gasteiger partial charge on any atom is -0.369 e. The molecular weight excluding hydrogens is 362 g/mol. The first-order chi connectivity index (χ1) is 13.9. The van der Waals surface area contributed by atoms with Crippen LogP contribution in [0, 0.1) is 6.92 Å². The zero-order valence-corrected chi connectivity index (χ0v) is 17.6. The summed E-state index contributed by atoms with van der Waals surface area (Å²) in [4.78, 5) is 29.3. The number of hydrogen-bond acceptors (Lipinski definition) is 4. The van der Waals surface area contributed by atoms with Crippen molar-refractivity contribution in [3.63, 3.8) is 0 Å². The fourth-order valence-corrected chi connectivity index (χ4v) is 3.59. The number of amides is 1. The Morgan fingerprint density at radius 1 is 0.897 bits per heavy atom. The topological polar surface area (TPSA) is 52.7 Å². The van der Waals surface area contributed by atoms with Gasteiger partial charge in [-0.3, -0.25) is 14.5 Å². The highest BCUT2D eigenvalue weighted by Gasteiger charge is 2.19. The average molecular weight is 394 g/mol. The van der Waals surface area contributed by atoms with Gasteiger partial charge in [-0.1, -0.05) is 29.8 Å². The molecule has 1 aliphatic rings. The second-order valence-electron chi connectivity index (χ2n) is 8.00. The third kappa shape index (κ3) is 5.91. The number of hydrogen-bond donors (Lipinski definition) is 1. The molecule has 3 rings (SSSR count). The summed E-state index contributed by atoms with van der Waals surface area (Å²) in [6.07, 6.45) is 0.402. The van der Waals surface area contributed by atoms with Crippen molar-refractivity contribution in [2.24, 2.45) is 0 Å². The predicted octanol–water partition coefficient (Wildman–Crippen LogP) is 4.13. The summed E-state index contributed by atoms with van der Waals surface area (Å²) in [5.74, 6) is -0.139. The van der Waals surface area contributed by atoms with Gasteiger partial charge in [-0.2, -0.15) is 0 Å². The summed E-state index contributed by atoms with van der Waals surface area (Å²) in [5.41, 5.74) is 3.72. The Labute approximate surface area is 173 Å². The standard InChI is InChI=1S/C24H31N3O2/c1-18(2)26-14-16-27(17-15-26)22-10-8-21(9-11-22)25-24(29)13-12-23(28)20-6-4-19(3)5-7-20/h4-11,18H,12-17H2,1-3H3,(H,25,29). The van der Waals surface area contributed by atoms with E-state index in [9.17, 15) is 9.59 Å². The Kier molecular flexibility index (Phi) is 7.04. The second-order valence-corrected chi connectivity index (χ2v) is 8.00. The highest BCUT2D eigenvalue weighted by molar-refractivity contribution is 6.00. The van der Waals surface area contributed by atoms with Gasteiger partial charge >= 0.3 is 0 Å². The van der Waals surface area contributed by atoms with E-state index in [4.69, 9.17) is 0 Å². The zero-order chi connectivity index (χ0) is 20.8. The molecule has 1 aliphatic heterocycles. The fraction of sp³-hybridized carbons (Fsp3) is 0.417. The summed E-state index contributed by atoms with van der Waals surface area (Å²) >= 11 is 0. The van der Waals surface area contributed by atoms with Crippen LogP contribution in [0.4, 0.5) is 11.4 Å². The van der Waals surface area contributed by atoms with Crippen LogP contribution in [0.3, 0.4) is 0 Å². The van der Waals surface area contributed by atoms with Crippen LogP contribution in [0.5, 0.6) is 0 Å². The molecule has 154 valence electrons. The molecule has 1 saturated heterocycles. The van der Waals surface area contributed by atoms with Crippen molar-refractivity contribution in [2.45, 2.75) is 39.7 Å². The number of aryl methyl sites for hydroxylation is 1. The Morgan fingerprint density at radius 3 is 2.10 bits per heavy atom. The number of Topliss-reactive ketones (excluding diaryl/α,β-unsaturated/α-hetero) is 1. The molecule has 0 unspecified atom stereocenters. The van der Waals surface area contributed by atoms with Crippen LogP contribution in [-0.2, 0) is 4.79 Å². The van der Waals surface area contributed by atoms with Crippen molar-refractivity contribution >= 4 is 23.1 Å². The fourth-order valence-electron chi connectivity index (χ4n) is 3.59. The highest BCUT2D eigenvalue weighted by atomic mass is 16.2. The third-order valence-electron chi connectivity index (χ3n) is 5.51. The highest BCUT2D eigenvalue weighted by Crippen LogP contribution is 2.20.